The average molecular weight is 624 g/mol. The van der Waals surface area contributed by atoms with E-state index in [1.165, 1.54) is 12.0 Å². The zero-order valence-corrected chi connectivity index (χ0v) is 26.4. The number of hydrogen-bond donors (Lipinski definition) is 2. The number of amides is 1. The summed E-state index contributed by atoms with van der Waals surface area (Å²) in [5.41, 5.74) is 1.96. The molecule has 0 radical (unpaired) electrons. The van der Waals surface area contributed by atoms with E-state index in [0.29, 0.717) is 35.8 Å². The normalized spacial score (nSPS) is 14.9. The first-order chi connectivity index (χ1) is 20.9. The van der Waals surface area contributed by atoms with Gasteiger partial charge in [-0.15, -0.1) is 13.2 Å². The molecule has 0 saturated carbocycles. The summed E-state index contributed by atoms with van der Waals surface area (Å²) in [5, 5.41) is 3.91. The topological polar surface area (TPSA) is 150 Å². The summed E-state index contributed by atoms with van der Waals surface area (Å²) in [6.07, 6.45) is -0.197. The molecule has 11 nitrogen and oxygen atoms in total. The van der Waals surface area contributed by atoms with E-state index in [-0.39, 0.29) is 6.54 Å². The van der Waals surface area contributed by atoms with Gasteiger partial charge >= 0.3 is 6.09 Å². The van der Waals surface area contributed by atoms with Crippen molar-refractivity contribution >= 4 is 26.8 Å². The SMILES string of the molecule is C=C.COc1cc2c(cc1OCc1ccccc1)CCN(C(=O)OC(C)(C)C)C2CS(=O)(=O)/C(=N/N)N(N)c1ccccc1. The number of amidine groups is 1. The number of hydrazone groups is 1. The van der Waals surface area contributed by atoms with Gasteiger partial charge in [0.15, 0.2) is 11.5 Å². The second kappa shape index (κ2) is 14.8. The predicted octanol–water partition coefficient (Wildman–Crippen LogP) is 4.94. The van der Waals surface area contributed by atoms with Crippen LogP contribution in [0.25, 0.3) is 0 Å². The fourth-order valence-corrected chi connectivity index (χ4v) is 6.20. The molecule has 0 aliphatic carbocycles. The van der Waals surface area contributed by atoms with Crippen LogP contribution in [0.4, 0.5) is 10.5 Å². The first-order valence-corrected chi connectivity index (χ1v) is 15.6. The van der Waals surface area contributed by atoms with Gasteiger partial charge in [-0.3, -0.25) is 9.91 Å². The summed E-state index contributed by atoms with van der Waals surface area (Å²) < 4.78 is 45.0. The third-order valence-electron chi connectivity index (χ3n) is 6.65. The molecule has 4 N–H and O–H groups in total. The minimum Gasteiger partial charge on any atom is -0.493 e. The van der Waals surface area contributed by atoms with Gasteiger partial charge in [0.25, 0.3) is 5.17 Å². The van der Waals surface area contributed by atoms with Crippen molar-refractivity contribution in [2.75, 3.05) is 24.4 Å². The molecule has 44 heavy (non-hydrogen) atoms. The van der Waals surface area contributed by atoms with E-state index in [2.05, 4.69) is 18.3 Å². The van der Waals surface area contributed by atoms with Crippen LogP contribution in [0.5, 0.6) is 11.5 Å². The number of para-hydroxylation sites is 1. The van der Waals surface area contributed by atoms with Crippen LogP contribution in [0.2, 0.25) is 0 Å². The number of methoxy groups -OCH3 is 1. The minimum atomic E-state index is -4.24. The Morgan fingerprint density at radius 1 is 1.05 bits per heavy atom. The van der Waals surface area contributed by atoms with Gasteiger partial charge in [-0.1, -0.05) is 48.5 Å². The van der Waals surface area contributed by atoms with Crippen LogP contribution in [0.15, 0.2) is 91.1 Å². The molecule has 3 aromatic carbocycles. The number of nitrogens with two attached hydrogens (primary N) is 2. The lowest BCUT2D eigenvalue weighted by molar-refractivity contribution is 0.0162. The Labute approximate surface area is 259 Å². The van der Waals surface area contributed by atoms with Crippen molar-refractivity contribution in [1.82, 2.24) is 4.90 Å². The molecular formula is C32H41N5O6S. The van der Waals surface area contributed by atoms with Gasteiger partial charge in [0.1, 0.15) is 12.2 Å². The largest absolute Gasteiger partial charge is 0.493 e. The highest BCUT2D eigenvalue weighted by atomic mass is 32.2. The number of carbonyl (C=O) groups excluding carboxylic acids is 1. The van der Waals surface area contributed by atoms with E-state index >= 15 is 0 Å². The summed E-state index contributed by atoms with van der Waals surface area (Å²) in [4.78, 5) is 14.8. The lowest BCUT2D eigenvalue weighted by Crippen LogP contribution is -2.49. The maximum atomic E-state index is 13.8. The second-order valence-electron chi connectivity index (χ2n) is 10.8. The zero-order chi connectivity index (χ0) is 32.5. The fraction of sp³-hybridized carbons (Fsp3) is 0.312. The number of hydrazine groups is 1. The number of carbonyl (C=O) groups is 1. The molecule has 12 heteroatoms. The Bertz CT molecular complexity index is 1540. The molecule has 0 fully saturated rings. The molecule has 0 saturated heterocycles. The highest BCUT2D eigenvalue weighted by molar-refractivity contribution is 8.06. The summed E-state index contributed by atoms with van der Waals surface area (Å²) in [6.45, 7) is 11.8. The van der Waals surface area contributed by atoms with E-state index in [1.807, 2.05) is 36.4 Å². The molecule has 4 rings (SSSR count). The molecule has 1 amide bonds. The van der Waals surface area contributed by atoms with Crippen molar-refractivity contribution in [3.63, 3.8) is 0 Å². The summed E-state index contributed by atoms with van der Waals surface area (Å²) in [7, 11) is -2.74. The number of ether oxygens (including phenoxy) is 3. The lowest BCUT2D eigenvalue weighted by Gasteiger charge is -2.38. The molecule has 0 aromatic heterocycles. The Morgan fingerprint density at radius 2 is 1.66 bits per heavy atom. The number of anilines is 1. The van der Waals surface area contributed by atoms with Crippen molar-refractivity contribution in [2.45, 2.75) is 45.4 Å². The molecule has 1 heterocycles. The van der Waals surface area contributed by atoms with E-state index in [9.17, 15) is 13.2 Å². The Hall–Kier alpha value is -4.55. The smallest absolute Gasteiger partial charge is 0.410 e. The number of fused-ring (bicyclic) bond motifs is 1. The van der Waals surface area contributed by atoms with Crippen molar-refractivity contribution in [2.24, 2.45) is 16.8 Å². The van der Waals surface area contributed by atoms with Gasteiger partial charge in [0, 0.05) is 6.54 Å². The predicted molar refractivity (Wildman–Crippen MR) is 173 cm³/mol. The highest BCUT2D eigenvalue weighted by Crippen LogP contribution is 2.40. The van der Waals surface area contributed by atoms with E-state index in [4.69, 9.17) is 25.9 Å². The Morgan fingerprint density at radius 3 is 2.23 bits per heavy atom. The minimum absolute atomic E-state index is 0.215. The van der Waals surface area contributed by atoms with Crippen molar-refractivity contribution < 1.29 is 27.4 Å². The first kappa shape index (κ1) is 33.9. The van der Waals surface area contributed by atoms with Crippen LogP contribution >= 0.6 is 0 Å². The highest BCUT2D eigenvalue weighted by Gasteiger charge is 2.40. The van der Waals surface area contributed by atoms with Crippen LogP contribution in [0, 0.1) is 0 Å². The molecule has 1 aliphatic rings. The number of hydrogen-bond acceptors (Lipinski definition) is 9. The monoisotopic (exact) mass is 623 g/mol. The van der Waals surface area contributed by atoms with Crippen LogP contribution < -0.4 is 26.2 Å². The molecule has 0 spiro atoms. The molecular weight excluding hydrogens is 582 g/mol. The van der Waals surface area contributed by atoms with Gasteiger partial charge in [-0.05, 0) is 68.1 Å². The van der Waals surface area contributed by atoms with Gasteiger partial charge in [-0.25, -0.2) is 19.1 Å². The Balaban J connectivity index is 0.00000259. The fourth-order valence-electron chi connectivity index (χ4n) is 4.71. The maximum absolute atomic E-state index is 13.8. The third-order valence-corrected chi connectivity index (χ3v) is 8.27. The van der Waals surface area contributed by atoms with Gasteiger partial charge in [0.05, 0.1) is 24.6 Å². The summed E-state index contributed by atoms with van der Waals surface area (Å²) in [6, 6.07) is 20.7. The summed E-state index contributed by atoms with van der Waals surface area (Å²) in [5.74, 6) is 12.1. The maximum Gasteiger partial charge on any atom is 0.410 e. The van der Waals surface area contributed by atoms with Crippen LogP contribution in [0.1, 0.15) is 43.5 Å². The van der Waals surface area contributed by atoms with Gasteiger partial charge in [0.2, 0.25) is 9.84 Å². The third kappa shape index (κ3) is 8.29. The van der Waals surface area contributed by atoms with Crippen molar-refractivity contribution in [3.05, 3.63) is 103 Å². The van der Waals surface area contributed by atoms with E-state index in [0.717, 1.165) is 16.1 Å². The molecule has 1 atom stereocenters. The van der Waals surface area contributed by atoms with Crippen LogP contribution in [0.3, 0.4) is 0 Å². The summed E-state index contributed by atoms with van der Waals surface area (Å²) >= 11 is 0. The van der Waals surface area contributed by atoms with Gasteiger partial charge in [-0.2, -0.15) is 5.10 Å². The molecule has 0 bridgehead atoms. The van der Waals surface area contributed by atoms with Gasteiger partial charge < -0.3 is 20.1 Å². The number of benzene rings is 3. The standard InChI is InChI=1S/C30H37N5O6S.C2H4/c1-30(2,3)41-29(36)34-16-15-22-17-27(40-19-21-11-7-5-8-12-21)26(39-4)18-24(22)25(34)20-42(37,38)28(33-31)35(32)23-13-9-6-10-14-23;1-2/h5-14,17-18,25H,15-16,19-20,31-32H2,1-4H3;1-2H2/b33-28+;. The quantitative estimate of drug-likeness (QED) is 0.123. The molecule has 1 unspecified atom stereocenters. The second-order valence-corrected chi connectivity index (χ2v) is 12.7. The van der Waals surface area contributed by atoms with Crippen LogP contribution in [-0.2, 0) is 27.6 Å². The number of sulfone groups is 1. The average Bonchev–Trinajstić information content (AvgIpc) is 3.00. The van der Waals surface area contributed by atoms with Crippen molar-refractivity contribution in [1.29, 1.82) is 0 Å². The van der Waals surface area contributed by atoms with E-state index < -0.39 is 38.5 Å². The first-order valence-electron chi connectivity index (χ1n) is 13.9. The number of rotatable bonds is 7. The van der Waals surface area contributed by atoms with E-state index in [1.54, 1.807) is 57.2 Å². The molecule has 3 aromatic rings. The molecule has 236 valence electrons. The zero-order valence-electron chi connectivity index (χ0n) is 25.6. The number of nitrogens with zero attached hydrogens (tertiary/aromatic N) is 3. The van der Waals surface area contributed by atoms with Crippen molar-refractivity contribution in [3.8, 4) is 11.5 Å². The van der Waals surface area contributed by atoms with Crippen LogP contribution in [-0.4, -0.2) is 49.6 Å². The Kier molecular flexibility index (Phi) is 11.4. The lowest BCUT2D eigenvalue weighted by atomic mass is 9.93. The molecule has 1 aliphatic heterocycles.